The summed E-state index contributed by atoms with van der Waals surface area (Å²) in [4.78, 5) is 15.4. The highest BCUT2D eigenvalue weighted by molar-refractivity contribution is 6.10. The number of hydrogen-bond donors (Lipinski definition) is 3. The maximum absolute atomic E-state index is 13.6. The molecule has 2 aromatic rings. The van der Waals surface area contributed by atoms with Crippen molar-refractivity contribution in [2.45, 2.75) is 158 Å². The predicted molar refractivity (Wildman–Crippen MR) is 197 cm³/mol. The number of unbranched alkanes of at least 4 members (excludes halogenated alkanes) is 1. The molecule has 2 unspecified atom stereocenters. The minimum atomic E-state index is -2.78. The Kier molecular flexibility index (Phi) is 22.7. The van der Waals surface area contributed by atoms with Crippen molar-refractivity contribution >= 4 is 24.0 Å². The molecule has 1 heterocycles. The summed E-state index contributed by atoms with van der Waals surface area (Å²) >= 11 is 0. The van der Waals surface area contributed by atoms with Crippen LogP contribution in [0.15, 0.2) is 36.4 Å². The number of anilines is 1. The number of rotatable bonds is 13. The zero-order chi connectivity index (χ0) is 36.0. The number of alkyl halides is 2. The number of aryl methyl sites for hydroxylation is 1. The molecule has 0 radical (unpaired) electrons. The number of amides is 1. The van der Waals surface area contributed by atoms with E-state index in [0.29, 0.717) is 19.4 Å². The van der Waals surface area contributed by atoms with Gasteiger partial charge in [0.15, 0.2) is 0 Å². The molecule has 0 spiro atoms. The summed E-state index contributed by atoms with van der Waals surface area (Å²) in [5.74, 6) is 0.00859. The number of ether oxygens (including phenoxy) is 1. The zero-order valence-electron chi connectivity index (χ0n) is 30.9. The molecule has 1 fully saturated rings. The number of fused-ring (bicyclic) bond motifs is 1. The molecule has 0 bridgehead atoms. The summed E-state index contributed by atoms with van der Waals surface area (Å²) in [5, 5.41) is 16.3. The van der Waals surface area contributed by atoms with Gasteiger partial charge in [-0.3, -0.25) is 4.79 Å². The number of carbonyl (C=O) groups is 1. The topological polar surface area (TPSA) is 89.3 Å². The summed E-state index contributed by atoms with van der Waals surface area (Å²) in [6, 6.07) is 12.2. The standard InChI is InChI=1S/C29H38F2N2O2.C4H9N.C2H5N.2C2H6/c1-5-9-21-16-22(19(3)32-29(4)12-8-13-29)17-25-26(21)18-33(27(25)34)23-11-7-10-20(14-23)15-24(6-2)35-28(30)31;1-2-3-4-5;1-2-3;2*1-2/h7,10-11,14,16-17,19,24,28,32H,5-6,8-9,12-13,15,18H2,1-4H3;4-5H,2-3H2,1H3;2-3H,1H3;2*1-2H3. The van der Waals surface area contributed by atoms with Gasteiger partial charge in [-0.25, -0.2) is 0 Å². The Balaban J connectivity index is 0.00000154. The van der Waals surface area contributed by atoms with Crippen LogP contribution >= 0.6 is 0 Å². The first-order valence-corrected chi connectivity index (χ1v) is 17.8. The quantitative estimate of drug-likeness (QED) is 0.187. The molecule has 47 heavy (non-hydrogen) atoms. The van der Waals surface area contributed by atoms with Crippen LogP contribution in [0.25, 0.3) is 0 Å². The van der Waals surface area contributed by atoms with Gasteiger partial charge in [0.25, 0.3) is 5.91 Å². The highest BCUT2D eigenvalue weighted by atomic mass is 19.3. The molecule has 2 atom stereocenters. The van der Waals surface area contributed by atoms with E-state index in [2.05, 4.69) is 45.1 Å². The van der Waals surface area contributed by atoms with Crippen molar-refractivity contribution in [2.75, 3.05) is 4.90 Å². The van der Waals surface area contributed by atoms with Crippen LogP contribution in [0.4, 0.5) is 14.5 Å². The van der Waals surface area contributed by atoms with Gasteiger partial charge in [-0.05, 0) is 119 Å². The third kappa shape index (κ3) is 14.4. The highest BCUT2D eigenvalue weighted by Crippen LogP contribution is 2.37. The van der Waals surface area contributed by atoms with E-state index in [1.165, 1.54) is 42.8 Å². The Labute approximate surface area is 285 Å². The Morgan fingerprint density at radius 2 is 1.68 bits per heavy atom. The molecule has 8 heteroatoms. The molecule has 1 saturated carbocycles. The van der Waals surface area contributed by atoms with Crippen molar-refractivity contribution in [1.82, 2.24) is 5.32 Å². The van der Waals surface area contributed by atoms with E-state index in [-0.39, 0.29) is 17.5 Å². The molecule has 266 valence electrons. The third-order valence-corrected chi connectivity index (χ3v) is 8.07. The van der Waals surface area contributed by atoms with Gasteiger partial charge in [0, 0.05) is 22.8 Å². The Morgan fingerprint density at radius 3 is 2.15 bits per heavy atom. The third-order valence-electron chi connectivity index (χ3n) is 8.07. The van der Waals surface area contributed by atoms with Crippen molar-refractivity contribution in [3.8, 4) is 0 Å². The Hall–Kier alpha value is -2.97. The minimum absolute atomic E-state index is 0.00859. The molecule has 1 amide bonds. The van der Waals surface area contributed by atoms with E-state index in [1.807, 2.05) is 63.8 Å². The van der Waals surface area contributed by atoms with Crippen LogP contribution in [-0.2, 0) is 24.1 Å². The Morgan fingerprint density at radius 1 is 1.04 bits per heavy atom. The first kappa shape index (κ1) is 44.0. The largest absolute Gasteiger partial charge is 0.345 e. The molecule has 1 aliphatic heterocycles. The van der Waals surface area contributed by atoms with Crippen LogP contribution in [-0.4, -0.2) is 36.6 Å². The number of nitrogens with zero attached hydrogens (tertiary/aromatic N) is 1. The number of halogens is 2. The molecule has 3 N–H and O–H groups in total. The average Bonchev–Trinajstić information content (AvgIpc) is 3.39. The molecular weight excluding hydrogens is 594 g/mol. The minimum Gasteiger partial charge on any atom is -0.319 e. The zero-order valence-corrected chi connectivity index (χ0v) is 30.9. The molecule has 0 saturated heterocycles. The van der Waals surface area contributed by atoms with Crippen molar-refractivity contribution in [3.05, 3.63) is 64.2 Å². The monoisotopic (exact) mass is 658 g/mol. The van der Waals surface area contributed by atoms with E-state index in [1.54, 1.807) is 6.92 Å². The van der Waals surface area contributed by atoms with E-state index in [0.717, 1.165) is 48.1 Å². The summed E-state index contributed by atoms with van der Waals surface area (Å²) in [7, 11) is 0. The Bertz CT molecular complexity index is 1180. The lowest BCUT2D eigenvalue weighted by molar-refractivity contribution is -0.162. The second kappa shape index (κ2) is 24.2. The van der Waals surface area contributed by atoms with Crippen molar-refractivity contribution in [2.24, 2.45) is 0 Å². The summed E-state index contributed by atoms with van der Waals surface area (Å²) < 4.78 is 30.2. The van der Waals surface area contributed by atoms with Crippen LogP contribution in [0.5, 0.6) is 0 Å². The lowest BCUT2D eigenvalue weighted by Gasteiger charge is -2.42. The summed E-state index contributed by atoms with van der Waals surface area (Å²) in [5.41, 5.74) is 6.18. The van der Waals surface area contributed by atoms with Gasteiger partial charge in [0.2, 0.25) is 0 Å². The van der Waals surface area contributed by atoms with E-state index < -0.39 is 12.7 Å². The molecule has 1 aliphatic carbocycles. The van der Waals surface area contributed by atoms with Crippen LogP contribution in [0.3, 0.4) is 0 Å². The van der Waals surface area contributed by atoms with Crippen molar-refractivity contribution in [3.63, 3.8) is 0 Å². The van der Waals surface area contributed by atoms with Crippen LogP contribution < -0.4 is 10.2 Å². The first-order chi connectivity index (χ1) is 22.6. The second-order valence-electron chi connectivity index (χ2n) is 11.7. The normalized spacial score (nSPS) is 15.1. The lowest BCUT2D eigenvalue weighted by atomic mass is 9.77. The SMILES string of the molecule is CC.CC.CC=N.CCCC=N.CCCc1cc(C(C)NC2(C)CCC2)cc2c1CN(c1cccc(CC(CC)OC(F)F)c1)C2=O. The van der Waals surface area contributed by atoms with Gasteiger partial charge in [-0.15, -0.1) is 0 Å². The van der Waals surface area contributed by atoms with Crippen LogP contribution in [0.2, 0.25) is 0 Å². The fourth-order valence-corrected chi connectivity index (χ4v) is 5.61. The number of nitrogens with one attached hydrogen (secondary N) is 3. The maximum Gasteiger partial charge on any atom is 0.345 e. The van der Waals surface area contributed by atoms with Gasteiger partial charge < -0.3 is 25.8 Å². The first-order valence-electron chi connectivity index (χ1n) is 17.8. The summed E-state index contributed by atoms with van der Waals surface area (Å²) in [6.07, 6.45) is 10.6. The van der Waals surface area contributed by atoms with Gasteiger partial charge >= 0.3 is 6.61 Å². The average molecular weight is 659 g/mol. The predicted octanol–water partition coefficient (Wildman–Crippen LogP) is 11.1. The number of hydrogen-bond acceptors (Lipinski definition) is 5. The van der Waals surface area contributed by atoms with E-state index in [4.69, 9.17) is 15.6 Å². The molecule has 0 aromatic heterocycles. The molecule has 2 aliphatic rings. The number of benzene rings is 2. The van der Waals surface area contributed by atoms with Gasteiger partial charge in [0.1, 0.15) is 0 Å². The number of carbonyl (C=O) groups excluding carboxylic acids is 1. The van der Waals surface area contributed by atoms with Crippen molar-refractivity contribution in [1.29, 1.82) is 10.8 Å². The van der Waals surface area contributed by atoms with Crippen LogP contribution in [0.1, 0.15) is 153 Å². The molecule has 4 rings (SSSR count). The fraction of sp³-hybridized carbons (Fsp3) is 0.615. The van der Waals surface area contributed by atoms with E-state index >= 15 is 0 Å². The van der Waals surface area contributed by atoms with Gasteiger partial charge in [-0.2, -0.15) is 8.78 Å². The van der Waals surface area contributed by atoms with Gasteiger partial charge in [0.05, 0.1) is 12.6 Å². The van der Waals surface area contributed by atoms with E-state index in [9.17, 15) is 13.6 Å². The van der Waals surface area contributed by atoms with Crippen LogP contribution in [0, 0.1) is 10.8 Å². The molecular formula is C39H64F2N4O2. The van der Waals surface area contributed by atoms with Crippen molar-refractivity contribution < 1.29 is 18.3 Å². The molecule has 6 nitrogen and oxygen atoms in total. The lowest BCUT2D eigenvalue weighted by Crippen LogP contribution is -2.49. The fourth-order valence-electron chi connectivity index (χ4n) is 5.61. The summed E-state index contributed by atoms with van der Waals surface area (Å²) in [6.45, 7) is 18.0. The maximum atomic E-state index is 13.6. The second-order valence-corrected chi connectivity index (χ2v) is 11.7. The smallest absolute Gasteiger partial charge is 0.319 e. The highest BCUT2D eigenvalue weighted by Gasteiger charge is 2.35. The van der Waals surface area contributed by atoms with Gasteiger partial charge in [-0.1, -0.05) is 79.5 Å². The molecule has 2 aromatic carbocycles.